The Kier molecular flexibility index (Phi) is 2.61. The van der Waals surface area contributed by atoms with Gasteiger partial charge in [-0.3, -0.25) is 0 Å². The van der Waals surface area contributed by atoms with E-state index in [1.165, 1.54) is 5.56 Å². The quantitative estimate of drug-likeness (QED) is 0.828. The minimum Gasteiger partial charge on any atom is -0.507 e. The first kappa shape index (κ1) is 11.3. The molecule has 1 aromatic rings. The van der Waals surface area contributed by atoms with E-state index < -0.39 is 0 Å². The van der Waals surface area contributed by atoms with Gasteiger partial charge in [0.25, 0.3) is 0 Å². The van der Waals surface area contributed by atoms with E-state index >= 15 is 0 Å². The lowest BCUT2D eigenvalue weighted by Crippen LogP contribution is -2.24. The lowest BCUT2D eigenvalue weighted by molar-refractivity contribution is 0.138. The van der Waals surface area contributed by atoms with Crippen LogP contribution in [-0.2, 0) is 12.8 Å². The summed E-state index contributed by atoms with van der Waals surface area (Å²) in [5.74, 6) is 1.42. The van der Waals surface area contributed by atoms with Crippen LogP contribution < -0.4 is 4.74 Å². The first-order valence-electron chi connectivity index (χ1n) is 5.98. The average molecular weight is 220 g/mol. The van der Waals surface area contributed by atoms with E-state index in [1.807, 2.05) is 13.0 Å². The molecule has 0 saturated heterocycles. The maximum atomic E-state index is 10.1. The second-order valence-corrected chi connectivity index (χ2v) is 5.29. The van der Waals surface area contributed by atoms with Gasteiger partial charge in [-0.1, -0.05) is 13.3 Å². The Bertz CT molecular complexity index is 419. The van der Waals surface area contributed by atoms with Gasteiger partial charge < -0.3 is 9.84 Å². The molecule has 0 saturated carbocycles. The Hall–Kier alpha value is -1.18. The number of phenolic OH excluding ortho intramolecular Hbond substituents is 1. The molecule has 1 aromatic carbocycles. The average Bonchev–Trinajstić information content (AvgIpc) is 2.48. The third kappa shape index (κ3) is 1.77. The molecule has 2 heteroatoms. The van der Waals surface area contributed by atoms with Crippen molar-refractivity contribution in [1.82, 2.24) is 0 Å². The summed E-state index contributed by atoms with van der Waals surface area (Å²) in [6.07, 6.45) is 2.87. The molecular weight excluding hydrogens is 200 g/mol. The highest BCUT2D eigenvalue weighted by Gasteiger charge is 2.33. The van der Waals surface area contributed by atoms with Gasteiger partial charge in [-0.05, 0) is 38.8 Å². The van der Waals surface area contributed by atoms with Crippen LogP contribution in [0.1, 0.15) is 43.9 Å². The molecule has 1 aliphatic rings. The summed E-state index contributed by atoms with van der Waals surface area (Å²) in [6.45, 7) is 8.25. The zero-order valence-corrected chi connectivity index (χ0v) is 10.6. The molecular formula is C14H20O2. The number of aromatic hydroxyl groups is 1. The summed E-state index contributed by atoms with van der Waals surface area (Å²) in [5.41, 5.74) is 3.07. The maximum Gasteiger partial charge on any atom is 0.124 e. The second kappa shape index (κ2) is 3.69. The molecule has 0 amide bonds. The highest BCUT2D eigenvalue weighted by atomic mass is 16.5. The fourth-order valence-corrected chi connectivity index (χ4v) is 2.45. The van der Waals surface area contributed by atoms with Crippen LogP contribution in [0.15, 0.2) is 6.07 Å². The SMILES string of the molecule is CCCc1c(O)c(C)cc2c1CC(C)(C)O2. The maximum absolute atomic E-state index is 10.1. The van der Waals surface area contributed by atoms with Gasteiger partial charge in [0.2, 0.25) is 0 Å². The minimum atomic E-state index is -0.134. The van der Waals surface area contributed by atoms with Crippen LogP contribution in [0.25, 0.3) is 0 Å². The molecule has 0 unspecified atom stereocenters. The van der Waals surface area contributed by atoms with Gasteiger partial charge in [0.05, 0.1) is 0 Å². The van der Waals surface area contributed by atoms with Crippen molar-refractivity contribution in [2.24, 2.45) is 0 Å². The smallest absolute Gasteiger partial charge is 0.124 e. The van der Waals surface area contributed by atoms with E-state index in [2.05, 4.69) is 20.8 Å². The zero-order valence-electron chi connectivity index (χ0n) is 10.6. The number of aryl methyl sites for hydroxylation is 1. The third-order valence-electron chi connectivity index (χ3n) is 3.16. The van der Waals surface area contributed by atoms with Gasteiger partial charge in [-0.25, -0.2) is 0 Å². The van der Waals surface area contributed by atoms with Crippen molar-refractivity contribution in [3.05, 3.63) is 22.8 Å². The summed E-state index contributed by atoms with van der Waals surface area (Å²) in [4.78, 5) is 0. The van der Waals surface area contributed by atoms with Crippen molar-refractivity contribution < 1.29 is 9.84 Å². The van der Waals surface area contributed by atoms with Crippen molar-refractivity contribution in [3.63, 3.8) is 0 Å². The van der Waals surface area contributed by atoms with E-state index in [4.69, 9.17) is 4.74 Å². The fraction of sp³-hybridized carbons (Fsp3) is 0.571. The molecule has 0 aromatic heterocycles. The zero-order chi connectivity index (χ0) is 11.9. The number of hydrogen-bond donors (Lipinski definition) is 1. The van der Waals surface area contributed by atoms with E-state index in [0.29, 0.717) is 5.75 Å². The van der Waals surface area contributed by atoms with Crippen LogP contribution >= 0.6 is 0 Å². The fourth-order valence-electron chi connectivity index (χ4n) is 2.45. The Labute approximate surface area is 97.3 Å². The van der Waals surface area contributed by atoms with E-state index in [9.17, 15) is 5.11 Å². The predicted octanol–water partition coefficient (Wildman–Crippen LogP) is 3.37. The Balaban J connectivity index is 2.53. The summed E-state index contributed by atoms with van der Waals surface area (Å²) in [7, 11) is 0. The normalized spacial score (nSPS) is 17.0. The number of rotatable bonds is 2. The molecule has 1 N–H and O–H groups in total. The predicted molar refractivity (Wildman–Crippen MR) is 65.2 cm³/mol. The highest BCUT2D eigenvalue weighted by Crippen LogP contribution is 2.42. The third-order valence-corrected chi connectivity index (χ3v) is 3.16. The van der Waals surface area contributed by atoms with Crippen LogP contribution in [0, 0.1) is 6.92 Å². The first-order valence-corrected chi connectivity index (χ1v) is 5.98. The molecule has 0 fully saturated rings. The lowest BCUT2D eigenvalue weighted by Gasteiger charge is -2.16. The molecule has 0 bridgehead atoms. The Morgan fingerprint density at radius 3 is 2.75 bits per heavy atom. The highest BCUT2D eigenvalue weighted by molar-refractivity contribution is 5.55. The van der Waals surface area contributed by atoms with Crippen LogP contribution in [0.5, 0.6) is 11.5 Å². The van der Waals surface area contributed by atoms with Gasteiger partial charge in [0.1, 0.15) is 17.1 Å². The lowest BCUT2D eigenvalue weighted by atomic mass is 9.93. The van der Waals surface area contributed by atoms with Crippen LogP contribution in [0.4, 0.5) is 0 Å². The molecule has 2 rings (SSSR count). The summed E-state index contributed by atoms with van der Waals surface area (Å²) in [6, 6.07) is 1.96. The number of phenols is 1. The van der Waals surface area contributed by atoms with E-state index in [1.54, 1.807) is 0 Å². The molecule has 0 radical (unpaired) electrons. The van der Waals surface area contributed by atoms with Crippen molar-refractivity contribution >= 4 is 0 Å². The standard InChI is InChI=1S/C14H20O2/c1-5-6-10-11-8-14(3,4)16-12(11)7-9(2)13(10)15/h7,15H,5-6,8H2,1-4H3. The topological polar surface area (TPSA) is 29.5 Å². The van der Waals surface area contributed by atoms with Crippen LogP contribution in [-0.4, -0.2) is 10.7 Å². The van der Waals surface area contributed by atoms with Crippen molar-refractivity contribution in [2.45, 2.75) is 52.6 Å². The molecule has 16 heavy (non-hydrogen) atoms. The molecule has 0 aliphatic carbocycles. The number of hydrogen-bond acceptors (Lipinski definition) is 2. The van der Waals surface area contributed by atoms with Crippen LogP contribution in [0.2, 0.25) is 0 Å². The van der Waals surface area contributed by atoms with Gasteiger partial charge >= 0.3 is 0 Å². The second-order valence-electron chi connectivity index (χ2n) is 5.29. The summed E-state index contributed by atoms with van der Waals surface area (Å²) in [5, 5.41) is 10.1. The summed E-state index contributed by atoms with van der Waals surface area (Å²) < 4.78 is 5.91. The molecule has 0 atom stereocenters. The van der Waals surface area contributed by atoms with Gasteiger partial charge in [-0.2, -0.15) is 0 Å². The van der Waals surface area contributed by atoms with Gasteiger partial charge in [0, 0.05) is 17.5 Å². The largest absolute Gasteiger partial charge is 0.507 e. The minimum absolute atomic E-state index is 0.134. The summed E-state index contributed by atoms with van der Waals surface area (Å²) >= 11 is 0. The molecule has 1 heterocycles. The van der Waals surface area contributed by atoms with Crippen molar-refractivity contribution in [2.75, 3.05) is 0 Å². The van der Waals surface area contributed by atoms with E-state index in [-0.39, 0.29) is 5.60 Å². The Morgan fingerprint density at radius 2 is 2.12 bits per heavy atom. The van der Waals surface area contributed by atoms with Gasteiger partial charge in [0.15, 0.2) is 0 Å². The molecule has 1 aliphatic heterocycles. The van der Waals surface area contributed by atoms with Crippen LogP contribution in [0.3, 0.4) is 0 Å². The molecule has 0 spiro atoms. The first-order chi connectivity index (χ1) is 7.44. The monoisotopic (exact) mass is 220 g/mol. The molecule has 88 valence electrons. The number of fused-ring (bicyclic) bond motifs is 1. The van der Waals surface area contributed by atoms with Crippen molar-refractivity contribution in [1.29, 1.82) is 0 Å². The number of benzene rings is 1. The number of ether oxygens (including phenoxy) is 1. The Morgan fingerprint density at radius 1 is 1.44 bits per heavy atom. The van der Waals surface area contributed by atoms with E-state index in [0.717, 1.165) is 36.1 Å². The molecule has 2 nitrogen and oxygen atoms in total. The van der Waals surface area contributed by atoms with Gasteiger partial charge in [-0.15, -0.1) is 0 Å². The van der Waals surface area contributed by atoms with Crippen molar-refractivity contribution in [3.8, 4) is 11.5 Å².